The van der Waals surface area contributed by atoms with Crippen molar-refractivity contribution < 1.29 is 9.22 Å². The van der Waals surface area contributed by atoms with E-state index in [1.165, 1.54) is 5.56 Å². The molecule has 0 bridgehead atoms. The van der Waals surface area contributed by atoms with Crippen LogP contribution < -0.4 is 4.74 Å². The van der Waals surface area contributed by atoms with E-state index in [1.807, 2.05) is 0 Å². The summed E-state index contributed by atoms with van der Waals surface area (Å²) >= 11 is 0. The van der Waals surface area contributed by atoms with E-state index in [-0.39, 0.29) is 5.60 Å². The van der Waals surface area contributed by atoms with E-state index in [1.54, 1.807) is 0 Å². The Morgan fingerprint density at radius 3 is 2.57 bits per heavy atom. The molecule has 0 radical (unpaired) electrons. The largest absolute Gasteiger partial charge is 0.475 e. The van der Waals surface area contributed by atoms with Gasteiger partial charge in [-0.15, -0.1) is 0 Å². The molecule has 1 aromatic rings. The van der Waals surface area contributed by atoms with E-state index in [9.17, 15) is 0 Å². The Labute approximate surface area is 84.7 Å². The minimum absolute atomic E-state index is 0.132. The number of likely N-dealkylation sites (tertiary alicyclic amines) is 1. The first-order valence-electron chi connectivity index (χ1n) is 5.18. The van der Waals surface area contributed by atoms with Crippen LogP contribution in [0.15, 0.2) is 24.3 Å². The van der Waals surface area contributed by atoms with Crippen molar-refractivity contribution in [2.24, 2.45) is 0 Å². The van der Waals surface area contributed by atoms with Gasteiger partial charge in [0.2, 0.25) is 5.60 Å². The molecule has 2 heteroatoms. The molecular weight excluding hydrogens is 174 g/mol. The summed E-state index contributed by atoms with van der Waals surface area (Å²) in [5.74, 6) is 1.10. The number of fused-ring (bicyclic) bond motifs is 1. The first-order valence-corrected chi connectivity index (χ1v) is 5.18. The zero-order valence-corrected chi connectivity index (χ0v) is 8.79. The van der Waals surface area contributed by atoms with E-state index in [0.29, 0.717) is 0 Å². The van der Waals surface area contributed by atoms with E-state index < -0.39 is 0 Å². The monoisotopic (exact) mass is 190 g/mol. The summed E-state index contributed by atoms with van der Waals surface area (Å²) in [4.78, 5) is 0. The predicted molar refractivity (Wildman–Crippen MR) is 55.3 cm³/mol. The zero-order chi connectivity index (χ0) is 9.81. The zero-order valence-electron chi connectivity index (χ0n) is 8.79. The quantitative estimate of drug-likeness (QED) is 0.563. The summed E-state index contributed by atoms with van der Waals surface area (Å²) in [5.41, 5.74) is 1.51. The maximum atomic E-state index is 6.05. The maximum Gasteiger partial charge on any atom is 0.209 e. The van der Waals surface area contributed by atoms with Crippen LogP contribution in [0.5, 0.6) is 5.75 Å². The van der Waals surface area contributed by atoms with Crippen LogP contribution in [-0.2, 0) is 6.42 Å². The minimum Gasteiger partial charge on any atom is -0.475 e. The number of ether oxygens (including phenoxy) is 1. The van der Waals surface area contributed by atoms with Gasteiger partial charge >= 0.3 is 0 Å². The molecule has 0 aliphatic carbocycles. The molecule has 3 rings (SSSR count). The van der Waals surface area contributed by atoms with Gasteiger partial charge in [0, 0.05) is 6.42 Å². The van der Waals surface area contributed by atoms with E-state index >= 15 is 0 Å². The third-order valence-corrected chi connectivity index (χ3v) is 3.24. The van der Waals surface area contributed by atoms with Crippen molar-refractivity contribution in [2.45, 2.75) is 12.0 Å². The second-order valence-corrected chi connectivity index (χ2v) is 5.32. The summed E-state index contributed by atoms with van der Waals surface area (Å²) in [7, 11) is 4.52. The SMILES string of the molecule is C[N+]1(C)CC2(Cc3ccccc3O2)C1. The molecule has 2 aliphatic heterocycles. The lowest BCUT2D eigenvalue weighted by Gasteiger charge is -2.50. The van der Waals surface area contributed by atoms with Crippen molar-refractivity contribution in [1.82, 2.24) is 0 Å². The van der Waals surface area contributed by atoms with Crippen molar-refractivity contribution in [1.29, 1.82) is 0 Å². The van der Waals surface area contributed by atoms with Crippen molar-refractivity contribution in [3.8, 4) is 5.75 Å². The normalized spacial score (nSPS) is 25.3. The van der Waals surface area contributed by atoms with Gasteiger partial charge in [-0.05, 0) is 11.6 Å². The van der Waals surface area contributed by atoms with Gasteiger partial charge in [-0.2, -0.15) is 0 Å². The molecule has 1 spiro atoms. The van der Waals surface area contributed by atoms with Gasteiger partial charge in [-0.1, -0.05) is 18.2 Å². The molecule has 14 heavy (non-hydrogen) atoms. The van der Waals surface area contributed by atoms with Gasteiger partial charge in [0.15, 0.2) is 0 Å². The highest BCUT2D eigenvalue weighted by atomic mass is 16.5. The minimum atomic E-state index is 0.132. The maximum absolute atomic E-state index is 6.05. The molecule has 2 heterocycles. The summed E-state index contributed by atoms with van der Waals surface area (Å²) in [6, 6.07) is 8.42. The molecule has 0 unspecified atom stereocenters. The molecule has 1 aromatic carbocycles. The average Bonchev–Trinajstić information content (AvgIpc) is 2.39. The molecule has 0 atom stereocenters. The summed E-state index contributed by atoms with van der Waals surface area (Å²) in [5, 5.41) is 0. The van der Waals surface area contributed by atoms with Crippen LogP contribution in [0.1, 0.15) is 5.56 Å². The molecule has 0 amide bonds. The van der Waals surface area contributed by atoms with Gasteiger partial charge in [0.1, 0.15) is 18.8 Å². The molecule has 2 nitrogen and oxygen atoms in total. The molecular formula is C12H16NO+. The fraction of sp³-hybridized carbons (Fsp3) is 0.500. The predicted octanol–water partition coefficient (Wildman–Crippen LogP) is 1.45. The number of likely N-dealkylation sites (N-methyl/N-ethyl adjacent to an activating group) is 1. The van der Waals surface area contributed by atoms with Crippen molar-refractivity contribution in [3.63, 3.8) is 0 Å². The first-order chi connectivity index (χ1) is 6.59. The van der Waals surface area contributed by atoms with E-state index in [2.05, 4.69) is 38.4 Å². The third kappa shape index (κ3) is 1.07. The van der Waals surface area contributed by atoms with Crippen LogP contribution in [-0.4, -0.2) is 37.3 Å². The molecule has 0 N–H and O–H groups in total. The molecule has 0 saturated carbocycles. The Balaban J connectivity index is 1.87. The van der Waals surface area contributed by atoms with Crippen LogP contribution >= 0.6 is 0 Å². The van der Waals surface area contributed by atoms with Crippen molar-refractivity contribution in [3.05, 3.63) is 29.8 Å². The Hall–Kier alpha value is -1.02. The first kappa shape index (κ1) is 8.30. The average molecular weight is 190 g/mol. The van der Waals surface area contributed by atoms with Gasteiger partial charge in [-0.3, -0.25) is 0 Å². The number of benzene rings is 1. The number of hydrogen-bond acceptors (Lipinski definition) is 1. The fourth-order valence-corrected chi connectivity index (χ4v) is 3.06. The third-order valence-electron chi connectivity index (χ3n) is 3.24. The van der Waals surface area contributed by atoms with Gasteiger partial charge in [0.05, 0.1) is 14.1 Å². The molecule has 1 fully saturated rings. The molecule has 1 saturated heterocycles. The Morgan fingerprint density at radius 1 is 1.21 bits per heavy atom. The summed E-state index contributed by atoms with van der Waals surface area (Å²) in [6.07, 6.45) is 1.10. The highest BCUT2D eigenvalue weighted by molar-refractivity contribution is 5.39. The number of nitrogens with zero attached hydrogens (tertiary/aromatic N) is 1. The Bertz CT molecular complexity index is 349. The van der Waals surface area contributed by atoms with E-state index in [0.717, 1.165) is 29.7 Å². The lowest BCUT2D eigenvalue weighted by atomic mass is 9.87. The van der Waals surface area contributed by atoms with Crippen LogP contribution in [0.3, 0.4) is 0 Å². The standard InChI is InChI=1S/C12H16NO/c1-13(2)8-12(9-13)7-10-5-3-4-6-11(10)14-12/h3-6H,7-9H2,1-2H3/q+1. The van der Waals surface area contributed by atoms with Gasteiger partial charge in [0.25, 0.3) is 0 Å². The molecule has 74 valence electrons. The number of hydrogen-bond donors (Lipinski definition) is 0. The lowest BCUT2D eigenvalue weighted by Crippen LogP contribution is -2.72. The smallest absolute Gasteiger partial charge is 0.209 e. The van der Waals surface area contributed by atoms with Crippen LogP contribution in [0, 0.1) is 0 Å². The fourth-order valence-electron chi connectivity index (χ4n) is 3.06. The summed E-state index contributed by atoms with van der Waals surface area (Å²) in [6.45, 7) is 2.28. The van der Waals surface area contributed by atoms with Crippen LogP contribution in [0.2, 0.25) is 0 Å². The van der Waals surface area contributed by atoms with Gasteiger partial charge < -0.3 is 9.22 Å². The highest BCUT2D eigenvalue weighted by Crippen LogP contribution is 2.41. The number of quaternary nitrogens is 1. The topological polar surface area (TPSA) is 9.23 Å². The van der Waals surface area contributed by atoms with Crippen molar-refractivity contribution >= 4 is 0 Å². The number of para-hydroxylation sites is 1. The molecule has 2 aliphatic rings. The molecule has 0 aromatic heterocycles. The lowest BCUT2D eigenvalue weighted by molar-refractivity contribution is -0.946. The Kier molecular flexibility index (Phi) is 1.37. The van der Waals surface area contributed by atoms with Crippen LogP contribution in [0.25, 0.3) is 0 Å². The second-order valence-electron chi connectivity index (χ2n) is 5.32. The second kappa shape index (κ2) is 2.31. The van der Waals surface area contributed by atoms with Gasteiger partial charge in [-0.25, -0.2) is 0 Å². The highest BCUT2D eigenvalue weighted by Gasteiger charge is 2.56. The Morgan fingerprint density at radius 2 is 1.93 bits per heavy atom. The summed E-state index contributed by atoms with van der Waals surface area (Å²) < 4.78 is 7.14. The van der Waals surface area contributed by atoms with Crippen LogP contribution in [0.4, 0.5) is 0 Å². The number of rotatable bonds is 0. The van der Waals surface area contributed by atoms with E-state index in [4.69, 9.17) is 4.74 Å². The van der Waals surface area contributed by atoms with Crippen molar-refractivity contribution in [2.75, 3.05) is 27.2 Å².